The Bertz CT molecular complexity index is 1120. The number of benzene rings is 2. The lowest BCUT2D eigenvalue weighted by Gasteiger charge is -2.17. The van der Waals surface area contributed by atoms with Crippen molar-refractivity contribution in [3.8, 4) is 0 Å². The zero-order valence-corrected chi connectivity index (χ0v) is 15.5. The summed E-state index contributed by atoms with van der Waals surface area (Å²) in [6, 6.07) is 6.86. The highest BCUT2D eigenvalue weighted by Gasteiger charge is 2.60. The number of nitrogens with zero attached hydrogens (tertiary/aromatic N) is 1. The molecule has 0 fully saturated rings. The van der Waals surface area contributed by atoms with Crippen molar-refractivity contribution < 1.29 is 39.9 Å². The van der Waals surface area contributed by atoms with Crippen molar-refractivity contribution in [3.63, 3.8) is 0 Å². The van der Waals surface area contributed by atoms with Crippen LogP contribution in [0.4, 0.5) is 32.0 Å². The van der Waals surface area contributed by atoms with Crippen LogP contribution in [0.2, 0.25) is 0 Å². The van der Waals surface area contributed by atoms with Crippen LogP contribution in [0.25, 0.3) is 4.85 Å². The number of hydrogen-bond donors (Lipinski definition) is 1. The first kappa shape index (κ1) is 21.5. The SMILES string of the molecule is [C-]#[N+]c1cccc(Sc2ccc(S(=O)(=O)C(F)(F)F)c3c2[C@@H](F)C(F)(F)[C@H]3O)c1. The third-order valence-corrected chi connectivity index (χ3v) is 6.82. The molecule has 0 aliphatic heterocycles. The lowest BCUT2D eigenvalue weighted by molar-refractivity contribution is -0.144. The molecule has 0 radical (unpaired) electrons. The molecular weight excluding hydrogens is 444 g/mol. The number of sulfone groups is 1. The van der Waals surface area contributed by atoms with E-state index in [1.807, 2.05) is 0 Å². The van der Waals surface area contributed by atoms with Gasteiger partial charge < -0.3 is 5.11 Å². The third-order valence-electron chi connectivity index (χ3n) is 4.21. The number of alkyl halides is 6. The molecule has 0 bridgehead atoms. The van der Waals surface area contributed by atoms with Gasteiger partial charge in [0, 0.05) is 20.9 Å². The zero-order valence-electron chi connectivity index (χ0n) is 13.9. The second-order valence-corrected chi connectivity index (χ2v) is 9.01. The fraction of sp³-hybridized carbons (Fsp3) is 0.235. The Morgan fingerprint density at radius 1 is 1.14 bits per heavy atom. The summed E-state index contributed by atoms with van der Waals surface area (Å²) >= 11 is 0.652. The highest BCUT2D eigenvalue weighted by atomic mass is 32.2. The molecule has 4 nitrogen and oxygen atoms in total. The van der Waals surface area contributed by atoms with Crippen LogP contribution in [0, 0.1) is 6.57 Å². The molecule has 1 N–H and O–H groups in total. The lowest BCUT2D eigenvalue weighted by atomic mass is 10.1. The second kappa shape index (κ2) is 6.93. The number of rotatable bonds is 3. The molecular formula is C17H9F6NO3S2. The molecule has 2 atom stereocenters. The van der Waals surface area contributed by atoms with Crippen molar-refractivity contribution in [1.29, 1.82) is 0 Å². The predicted molar refractivity (Wildman–Crippen MR) is 90.3 cm³/mol. The van der Waals surface area contributed by atoms with Gasteiger partial charge in [0.1, 0.15) is 6.10 Å². The summed E-state index contributed by atoms with van der Waals surface area (Å²) in [5, 5.41) is 9.79. The topological polar surface area (TPSA) is 58.7 Å². The number of fused-ring (bicyclic) bond motifs is 1. The largest absolute Gasteiger partial charge is 0.501 e. The molecule has 3 rings (SSSR count). The monoisotopic (exact) mass is 453 g/mol. The Kier molecular flexibility index (Phi) is 5.13. The molecule has 12 heteroatoms. The Morgan fingerprint density at radius 2 is 1.79 bits per heavy atom. The van der Waals surface area contributed by atoms with Crippen molar-refractivity contribution in [2.24, 2.45) is 0 Å². The van der Waals surface area contributed by atoms with E-state index in [9.17, 15) is 39.9 Å². The number of aliphatic hydroxyl groups excluding tert-OH is 1. The minimum atomic E-state index is -6.12. The van der Waals surface area contributed by atoms with E-state index in [4.69, 9.17) is 6.57 Å². The Labute approximate surface area is 164 Å². The maximum Gasteiger partial charge on any atom is 0.501 e. The molecule has 2 aromatic carbocycles. The third kappa shape index (κ3) is 3.37. The van der Waals surface area contributed by atoms with Gasteiger partial charge in [-0.15, -0.1) is 0 Å². The minimum Gasteiger partial charge on any atom is -0.382 e. The van der Waals surface area contributed by atoms with Crippen LogP contribution in [0.5, 0.6) is 0 Å². The van der Waals surface area contributed by atoms with Gasteiger partial charge in [-0.2, -0.15) is 22.0 Å². The molecule has 0 heterocycles. The fourth-order valence-electron chi connectivity index (χ4n) is 2.85. The first-order valence-corrected chi connectivity index (χ1v) is 9.95. The van der Waals surface area contributed by atoms with E-state index >= 15 is 0 Å². The van der Waals surface area contributed by atoms with Gasteiger partial charge in [-0.3, -0.25) is 0 Å². The van der Waals surface area contributed by atoms with Crippen LogP contribution in [0.3, 0.4) is 0 Å². The number of aliphatic hydroxyl groups is 1. The average molecular weight is 453 g/mol. The molecule has 1 aliphatic rings. The highest BCUT2D eigenvalue weighted by Crippen LogP contribution is 2.57. The molecule has 1 aliphatic carbocycles. The van der Waals surface area contributed by atoms with Gasteiger partial charge in [0.05, 0.1) is 11.5 Å². The maximum absolute atomic E-state index is 14.5. The summed E-state index contributed by atoms with van der Waals surface area (Å²) in [6.45, 7) is 6.96. The van der Waals surface area contributed by atoms with Crippen molar-refractivity contribution in [1.82, 2.24) is 0 Å². The van der Waals surface area contributed by atoms with Crippen LogP contribution >= 0.6 is 11.8 Å². The molecule has 154 valence electrons. The summed E-state index contributed by atoms with van der Waals surface area (Å²) in [7, 11) is -6.12. The Balaban J connectivity index is 2.24. The van der Waals surface area contributed by atoms with Crippen LogP contribution in [-0.4, -0.2) is 25.0 Å². The van der Waals surface area contributed by atoms with Crippen LogP contribution in [0.1, 0.15) is 23.4 Å². The molecule has 29 heavy (non-hydrogen) atoms. The van der Waals surface area contributed by atoms with Gasteiger partial charge in [-0.25, -0.2) is 17.7 Å². The summed E-state index contributed by atoms with van der Waals surface area (Å²) in [6.07, 6.45) is -6.29. The van der Waals surface area contributed by atoms with E-state index in [0.717, 1.165) is 6.07 Å². The maximum atomic E-state index is 14.5. The first-order valence-electron chi connectivity index (χ1n) is 7.66. The molecule has 0 aromatic heterocycles. The highest BCUT2D eigenvalue weighted by molar-refractivity contribution is 7.99. The standard InChI is InChI=1S/C17H9F6NO3S2/c1-24-8-3-2-4-9(7-8)28-10-5-6-11(29(26,27)17(21,22)23)13-12(10)14(18)16(19,20)15(13)25/h2-7,14-15,25H/t14-,15+/m1/s1. The van der Waals surface area contributed by atoms with Gasteiger partial charge in [0.2, 0.25) is 0 Å². The van der Waals surface area contributed by atoms with Crippen molar-refractivity contribution in [2.75, 3.05) is 0 Å². The van der Waals surface area contributed by atoms with Gasteiger partial charge in [0.15, 0.2) is 11.9 Å². The van der Waals surface area contributed by atoms with Gasteiger partial charge in [0.25, 0.3) is 9.84 Å². The predicted octanol–water partition coefficient (Wildman–Crippen LogP) is 5.37. The Hall–Kier alpha value is -2.23. The normalized spacial score (nSPS) is 20.9. The second-order valence-electron chi connectivity index (χ2n) is 5.99. The van der Waals surface area contributed by atoms with Gasteiger partial charge in [-0.05, 0) is 18.2 Å². The quantitative estimate of drug-likeness (QED) is 0.501. The summed E-state index contributed by atoms with van der Waals surface area (Å²) < 4.78 is 105. The molecule has 0 unspecified atom stereocenters. The van der Waals surface area contributed by atoms with E-state index in [0.29, 0.717) is 17.8 Å². The number of hydrogen-bond acceptors (Lipinski definition) is 4. The average Bonchev–Trinajstić information content (AvgIpc) is 2.82. The van der Waals surface area contributed by atoms with E-state index in [2.05, 4.69) is 4.85 Å². The molecule has 2 aromatic rings. The minimum absolute atomic E-state index is 0.171. The van der Waals surface area contributed by atoms with Crippen molar-refractivity contribution >= 4 is 27.3 Å². The van der Waals surface area contributed by atoms with Crippen LogP contribution in [-0.2, 0) is 9.84 Å². The van der Waals surface area contributed by atoms with E-state index < -0.39 is 49.6 Å². The van der Waals surface area contributed by atoms with Gasteiger partial charge >= 0.3 is 11.4 Å². The van der Waals surface area contributed by atoms with E-state index in [-0.39, 0.29) is 15.5 Å². The summed E-state index contributed by atoms with van der Waals surface area (Å²) in [5.74, 6) is -4.52. The van der Waals surface area contributed by atoms with Crippen LogP contribution in [0.15, 0.2) is 51.1 Å². The lowest BCUT2D eigenvalue weighted by Crippen LogP contribution is -2.27. The summed E-state index contributed by atoms with van der Waals surface area (Å²) in [5.41, 5.74) is -8.00. The van der Waals surface area contributed by atoms with Crippen LogP contribution < -0.4 is 0 Å². The molecule has 0 spiro atoms. The molecule has 0 amide bonds. The van der Waals surface area contributed by atoms with E-state index in [1.54, 1.807) is 0 Å². The number of halogens is 6. The fourth-order valence-corrected chi connectivity index (χ4v) is 4.90. The molecule has 0 saturated heterocycles. The summed E-state index contributed by atoms with van der Waals surface area (Å²) in [4.78, 5) is 1.53. The first-order chi connectivity index (χ1) is 13.3. The van der Waals surface area contributed by atoms with Gasteiger partial charge in [-0.1, -0.05) is 30.0 Å². The Morgan fingerprint density at radius 3 is 2.38 bits per heavy atom. The van der Waals surface area contributed by atoms with Crippen molar-refractivity contribution in [3.05, 3.63) is 58.9 Å². The van der Waals surface area contributed by atoms with E-state index in [1.165, 1.54) is 24.3 Å². The molecule has 0 saturated carbocycles. The zero-order chi connectivity index (χ0) is 21.8. The van der Waals surface area contributed by atoms with Crippen molar-refractivity contribution in [2.45, 2.75) is 38.4 Å². The smallest absolute Gasteiger partial charge is 0.382 e.